The first-order valence-electron chi connectivity index (χ1n) is 8.56. The van der Waals surface area contributed by atoms with Crippen molar-refractivity contribution in [2.24, 2.45) is 5.41 Å². The highest BCUT2D eigenvalue weighted by Gasteiger charge is 2.21. The first-order valence-corrected chi connectivity index (χ1v) is 10.8. The van der Waals surface area contributed by atoms with E-state index in [-0.39, 0.29) is 16.2 Å². The molecule has 0 fully saturated rings. The van der Waals surface area contributed by atoms with Gasteiger partial charge in [0, 0.05) is 30.7 Å². The van der Waals surface area contributed by atoms with Gasteiger partial charge >= 0.3 is 0 Å². The Bertz CT molecular complexity index is 890. The first kappa shape index (κ1) is 21.6. The fraction of sp³-hybridized carbons (Fsp3) is 0.350. The van der Waals surface area contributed by atoms with Gasteiger partial charge in [-0.3, -0.25) is 4.79 Å². The molecule has 1 amide bonds. The number of amides is 1. The van der Waals surface area contributed by atoms with E-state index < -0.39 is 10.0 Å². The van der Waals surface area contributed by atoms with Crippen molar-refractivity contribution in [3.8, 4) is 0 Å². The summed E-state index contributed by atoms with van der Waals surface area (Å²) < 4.78 is 26.4. The lowest BCUT2D eigenvalue weighted by molar-refractivity contribution is 0.0936. The van der Waals surface area contributed by atoms with Crippen LogP contribution in [0.4, 0.5) is 0 Å². The molecular weight excluding hydrogens is 428 g/mol. The highest BCUT2D eigenvalue weighted by atomic mass is 79.9. The summed E-state index contributed by atoms with van der Waals surface area (Å²) in [5.74, 6) is -0.215. The Morgan fingerprint density at radius 2 is 1.59 bits per heavy atom. The minimum atomic E-state index is -3.49. The van der Waals surface area contributed by atoms with Crippen LogP contribution in [-0.2, 0) is 16.4 Å². The van der Waals surface area contributed by atoms with Crippen LogP contribution in [0.2, 0.25) is 0 Å². The second kappa shape index (κ2) is 8.54. The topological polar surface area (TPSA) is 66.5 Å². The molecule has 0 unspecified atom stereocenters. The predicted octanol–water partition coefficient (Wildman–Crippen LogP) is 3.70. The summed E-state index contributed by atoms with van der Waals surface area (Å²) in [6, 6.07) is 14.1. The lowest BCUT2D eigenvalue weighted by Crippen LogP contribution is -2.35. The van der Waals surface area contributed by atoms with Gasteiger partial charge in [0.25, 0.3) is 5.91 Å². The third-order valence-electron chi connectivity index (χ3n) is 4.22. The molecule has 5 nitrogen and oxygen atoms in total. The third-order valence-corrected chi connectivity index (χ3v) is 6.58. The van der Waals surface area contributed by atoms with E-state index in [0.717, 1.165) is 15.2 Å². The number of halogens is 1. The van der Waals surface area contributed by atoms with Gasteiger partial charge in [0.1, 0.15) is 0 Å². The van der Waals surface area contributed by atoms with Crippen LogP contribution in [0.15, 0.2) is 57.9 Å². The fourth-order valence-corrected chi connectivity index (χ4v) is 3.79. The maximum atomic E-state index is 12.4. The van der Waals surface area contributed by atoms with E-state index in [9.17, 15) is 13.2 Å². The molecule has 0 bridgehead atoms. The van der Waals surface area contributed by atoms with Gasteiger partial charge in [-0.15, -0.1) is 0 Å². The average molecular weight is 453 g/mol. The molecule has 0 saturated heterocycles. The lowest BCUT2D eigenvalue weighted by Gasteiger charge is -2.25. The van der Waals surface area contributed by atoms with Crippen LogP contribution < -0.4 is 5.32 Å². The zero-order chi connectivity index (χ0) is 20.2. The number of rotatable bonds is 7. The van der Waals surface area contributed by atoms with Gasteiger partial charge in [0.05, 0.1) is 4.90 Å². The molecule has 146 valence electrons. The van der Waals surface area contributed by atoms with Gasteiger partial charge in [-0.05, 0) is 53.8 Å². The number of nitrogens with zero attached hydrogens (tertiary/aromatic N) is 1. The molecule has 0 radical (unpaired) electrons. The Morgan fingerprint density at radius 1 is 1.04 bits per heavy atom. The number of benzene rings is 2. The minimum Gasteiger partial charge on any atom is -0.351 e. The second-order valence-electron chi connectivity index (χ2n) is 7.46. The Morgan fingerprint density at radius 3 is 2.11 bits per heavy atom. The van der Waals surface area contributed by atoms with Crippen LogP contribution in [-0.4, -0.2) is 39.3 Å². The number of nitrogens with one attached hydrogen (secondary N) is 1. The average Bonchev–Trinajstić information content (AvgIpc) is 2.61. The fourth-order valence-electron chi connectivity index (χ4n) is 2.63. The van der Waals surface area contributed by atoms with Crippen molar-refractivity contribution in [2.75, 3.05) is 20.6 Å². The summed E-state index contributed by atoms with van der Waals surface area (Å²) in [5, 5.41) is 2.94. The SMILES string of the molecule is CN(C)S(=O)(=O)c1ccc(C(=O)NCC(C)(C)Cc2ccc(Br)cc2)cc1. The second-order valence-corrected chi connectivity index (χ2v) is 10.5. The molecule has 0 aliphatic rings. The first-order chi connectivity index (χ1) is 12.5. The predicted molar refractivity (Wildman–Crippen MR) is 111 cm³/mol. The number of hydrogen-bond donors (Lipinski definition) is 1. The number of sulfonamides is 1. The lowest BCUT2D eigenvalue weighted by atomic mass is 9.85. The maximum absolute atomic E-state index is 12.4. The molecule has 0 aliphatic carbocycles. The largest absolute Gasteiger partial charge is 0.351 e. The number of carbonyl (C=O) groups is 1. The van der Waals surface area contributed by atoms with Crippen LogP contribution in [0.25, 0.3) is 0 Å². The van der Waals surface area contributed by atoms with Crippen LogP contribution in [0, 0.1) is 5.41 Å². The normalized spacial score (nSPS) is 12.2. The molecule has 0 aromatic heterocycles. The van der Waals surface area contributed by atoms with Crippen molar-refractivity contribution in [2.45, 2.75) is 25.2 Å². The summed E-state index contributed by atoms with van der Waals surface area (Å²) >= 11 is 3.43. The molecule has 0 aliphatic heterocycles. The van der Waals surface area contributed by atoms with E-state index in [4.69, 9.17) is 0 Å². The van der Waals surface area contributed by atoms with Gasteiger partial charge in [-0.2, -0.15) is 0 Å². The van der Waals surface area contributed by atoms with Crippen molar-refractivity contribution < 1.29 is 13.2 Å². The van der Waals surface area contributed by atoms with E-state index in [2.05, 4.69) is 47.2 Å². The Hall–Kier alpha value is -1.70. The standard InChI is InChI=1S/C20H25BrN2O3S/c1-20(2,13-15-5-9-17(21)10-6-15)14-22-19(24)16-7-11-18(12-8-16)27(25,26)23(3)4/h5-12H,13-14H2,1-4H3,(H,22,24). The van der Waals surface area contributed by atoms with Crippen molar-refractivity contribution in [3.63, 3.8) is 0 Å². The van der Waals surface area contributed by atoms with Gasteiger partial charge < -0.3 is 5.32 Å². The van der Waals surface area contributed by atoms with Gasteiger partial charge in [0.15, 0.2) is 0 Å². The van der Waals surface area contributed by atoms with Crippen molar-refractivity contribution in [1.29, 1.82) is 0 Å². The molecule has 0 spiro atoms. The van der Waals surface area contributed by atoms with Crippen LogP contribution in [0.3, 0.4) is 0 Å². The van der Waals surface area contributed by atoms with Crippen molar-refractivity contribution >= 4 is 31.9 Å². The summed E-state index contributed by atoms with van der Waals surface area (Å²) in [7, 11) is -0.543. The van der Waals surface area contributed by atoms with E-state index >= 15 is 0 Å². The smallest absolute Gasteiger partial charge is 0.251 e. The molecule has 27 heavy (non-hydrogen) atoms. The molecule has 0 atom stereocenters. The molecule has 7 heteroatoms. The Kier molecular flexibility index (Phi) is 6.83. The van der Waals surface area contributed by atoms with Gasteiger partial charge in [-0.25, -0.2) is 12.7 Å². The summed E-state index contributed by atoms with van der Waals surface area (Å²) in [5.41, 5.74) is 1.53. The monoisotopic (exact) mass is 452 g/mol. The van der Waals surface area contributed by atoms with Crippen LogP contribution in [0.1, 0.15) is 29.8 Å². The summed E-state index contributed by atoms with van der Waals surface area (Å²) in [4.78, 5) is 12.6. The molecule has 1 N–H and O–H groups in total. The van der Waals surface area contributed by atoms with E-state index in [1.54, 1.807) is 0 Å². The van der Waals surface area contributed by atoms with Gasteiger partial charge in [-0.1, -0.05) is 41.9 Å². The quantitative estimate of drug-likeness (QED) is 0.696. The number of hydrogen-bond acceptors (Lipinski definition) is 3. The number of carbonyl (C=O) groups excluding carboxylic acids is 1. The molecule has 2 aromatic carbocycles. The van der Waals surface area contributed by atoms with Crippen LogP contribution in [0.5, 0.6) is 0 Å². The molecule has 0 saturated carbocycles. The highest BCUT2D eigenvalue weighted by Crippen LogP contribution is 2.22. The zero-order valence-electron chi connectivity index (χ0n) is 16.0. The molecule has 2 rings (SSSR count). The van der Waals surface area contributed by atoms with Gasteiger partial charge in [0.2, 0.25) is 10.0 Å². The molecular formula is C20H25BrN2O3S. The van der Waals surface area contributed by atoms with Crippen LogP contribution >= 0.6 is 15.9 Å². The Balaban J connectivity index is 1.99. The summed E-state index contributed by atoms with van der Waals surface area (Å²) in [6.07, 6.45) is 0.834. The van der Waals surface area contributed by atoms with E-state index in [1.807, 2.05) is 12.1 Å². The van der Waals surface area contributed by atoms with Crippen molar-refractivity contribution in [1.82, 2.24) is 9.62 Å². The Labute approximate surface area is 170 Å². The van der Waals surface area contributed by atoms with E-state index in [1.165, 1.54) is 43.9 Å². The third kappa shape index (κ3) is 5.89. The van der Waals surface area contributed by atoms with E-state index in [0.29, 0.717) is 12.1 Å². The zero-order valence-corrected chi connectivity index (χ0v) is 18.4. The van der Waals surface area contributed by atoms with Crippen molar-refractivity contribution in [3.05, 3.63) is 64.1 Å². The maximum Gasteiger partial charge on any atom is 0.251 e. The summed E-state index contributed by atoms with van der Waals surface area (Å²) in [6.45, 7) is 4.71. The minimum absolute atomic E-state index is 0.113. The molecule has 2 aromatic rings. The highest BCUT2D eigenvalue weighted by molar-refractivity contribution is 9.10. The molecule has 0 heterocycles.